The topological polar surface area (TPSA) is 92.8 Å². The normalized spacial score (nSPS) is 10.7. The highest BCUT2D eigenvalue weighted by Crippen LogP contribution is 2.20. The number of anilines is 1. The van der Waals surface area contributed by atoms with Crippen LogP contribution in [0.4, 0.5) is 5.69 Å². The average Bonchev–Trinajstić information content (AvgIpc) is 2.95. The molecule has 118 valence electrons. The number of aromatic nitrogens is 4. The highest BCUT2D eigenvalue weighted by Gasteiger charge is 2.08. The van der Waals surface area contributed by atoms with Gasteiger partial charge in [0, 0.05) is 6.07 Å². The Balaban J connectivity index is 1.58. The highest BCUT2D eigenvalue weighted by molar-refractivity contribution is 14.1. The number of methoxy groups -OCH3 is 1. The number of rotatable bonds is 5. The smallest absolute Gasteiger partial charge is 0.234 e. The zero-order valence-corrected chi connectivity index (χ0v) is 15.0. The van der Waals surface area contributed by atoms with Crippen molar-refractivity contribution in [3.63, 3.8) is 0 Å². The zero-order valence-electron chi connectivity index (χ0n) is 12.0. The monoisotopic (exact) mass is 441 g/mol. The number of pyridine rings is 2. The SMILES string of the molecule is COc1ccc(NC(=O)CSc2nc3cc(I)ncc3[nH]2)cn1. The number of nitrogens with one attached hydrogen (secondary N) is 2. The van der Waals surface area contributed by atoms with Crippen molar-refractivity contribution in [1.29, 1.82) is 0 Å². The van der Waals surface area contributed by atoms with E-state index < -0.39 is 0 Å². The van der Waals surface area contributed by atoms with E-state index in [1.807, 2.05) is 6.07 Å². The summed E-state index contributed by atoms with van der Waals surface area (Å²) < 4.78 is 5.85. The molecule has 0 aliphatic heterocycles. The third-order valence-corrected chi connectivity index (χ3v) is 4.34. The van der Waals surface area contributed by atoms with Crippen LogP contribution >= 0.6 is 34.4 Å². The molecule has 0 fully saturated rings. The lowest BCUT2D eigenvalue weighted by atomic mass is 10.4. The van der Waals surface area contributed by atoms with Gasteiger partial charge in [-0.25, -0.2) is 15.0 Å². The molecule has 3 heterocycles. The standard InChI is InChI=1S/C14H12IN5O2S/c1-22-13-3-2-8(5-17-13)18-12(21)7-23-14-19-9-4-11(15)16-6-10(9)20-14/h2-6H,7H2,1H3,(H,18,21)(H,19,20). The molecule has 0 aromatic carbocycles. The van der Waals surface area contributed by atoms with Crippen LogP contribution in [0.3, 0.4) is 0 Å². The maximum Gasteiger partial charge on any atom is 0.234 e. The lowest BCUT2D eigenvalue weighted by Crippen LogP contribution is -2.14. The molecule has 23 heavy (non-hydrogen) atoms. The number of hydrogen-bond donors (Lipinski definition) is 2. The molecule has 0 saturated heterocycles. The van der Waals surface area contributed by atoms with Crippen molar-refractivity contribution in [2.45, 2.75) is 5.16 Å². The van der Waals surface area contributed by atoms with Crippen LogP contribution in [-0.4, -0.2) is 38.7 Å². The summed E-state index contributed by atoms with van der Waals surface area (Å²) in [6.07, 6.45) is 3.29. The van der Waals surface area contributed by atoms with E-state index in [0.717, 1.165) is 14.7 Å². The van der Waals surface area contributed by atoms with E-state index in [1.165, 1.54) is 11.8 Å². The number of thioether (sulfide) groups is 1. The number of halogens is 1. The molecule has 0 saturated carbocycles. The van der Waals surface area contributed by atoms with Crippen molar-refractivity contribution in [2.75, 3.05) is 18.2 Å². The summed E-state index contributed by atoms with van der Waals surface area (Å²) in [4.78, 5) is 27.8. The van der Waals surface area contributed by atoms with Gasteiger partial charge in [-0.1, -0.05) is 11.8 Å². The summed E-state index contributed by atoms with van der Waals surface area (Å²) in [5.74, 6) is 0.620. The van der Waals surface area contributed by atoms with Crippen LogP contribution in [0.25, 0.3) is 11.0 Å². The van der Waals surface area contributed by atoms with Gasteiger partial charge in [0.1, 0.15) is 3.70 Å². The van der Waals surface area contributed by atoms with E-state index in [4.69, 9.17) is 4.74 Å². The number of imidazole rings is 1. The van der Waals surface area contributed by atoms with Crippen molar-refractivity contribution < 1.29 is 9.53 Å². The number of ether oxygens (including phenoxy) is 1. The maximum atomic E-state index is 12.0. The minimum atomic E-state index is -0.130. The molecule has 1 amide bonds. The van der Waals surface area contributed by atoms with Crippen LogP contribution in [0.5, 0.6) is 5.88 Å². The van der Waals surface area contributed by atoms with Gasteiger partial charge in [-0.2, -0.15) is 0 Å². The number of H-pyrrole nitrogens is 1. The lowest BCUT2D eigenvalue weighted by molar-refractivity contribution is -0.113. The molecule has 0 atom stereocenters. The van der Waals surface area contributed by atoms with Crippen LogP contribution in [0.2, 0.25) is 0 Å². The van der Waals surface area contributed by atoms with Crippen LogP contribution < -0.4 is 10.1 Å². The third kappa shape index (κ3) is 4.10. The number of nitrogens with zero attached hydrogens (tertiary/aromatic N) is 3. The maximum absolute atomic E-state index is 12.0. The molecule has 3 aromatic rings. The van der Waals surface area contributed by atoms with Crippen molar-refractivity contribution in [1.82, 2.24) is 19.9 Å². The molecule has 3 aromatic heterocycles. The number of aromatic amines is 1. The van der Waals surface area contributed by atoms with Crippen LogP contribution in [-0.2, 0) is 4.79 Å². The Labute approximate surface area is 149 Å². The summed E-state index contributed by atoms with van der Waals surface area (Å²) in [6.45, 7) is 0. The van der Waals surface area contributed by atoms with E-state index in [1.54, 1.807) is 31.6 Å². The molecule has 0 unspecified atom stereocenters. The van der Waals surface area contributed by atoms with Gasteiger partial charge in [-0.15, -0.1) is 0 Å². The molecule has 0 aliphatic rings. The quantitative estimate of drug-likeness (QED) is 0.360. The van der Waals surface area contributed by atoms with Gasteiger partial charge < -0.3 is 15.0 Å². The Morgan fingerprint density at radius 3 is 3.00 bits per heavy atom. The van der Waals surface area contributed by atoms with Crippen molar-refractivity contribution >= 4 is 57.0 Å². The lowest BCUT2D eigenvalue weighted by Gasteiger charge is -2.04. The molecule has 0 radical (unpaired) electrons. The van der Waals surface area contributed by atoms with Crippen molar-refractivity contribution in [3.05, 3.63) is 34.3 Å². The summed E-state index contributed by atoms with van der Waals surface area (Å²) in [7, 11) is 1.54. The minimum Gasteiger partial charge on any atom is -0.481 e. The van der Waals surface area contributed by atoms with Gasteiger partial charge in [0.2, 0.25) is 11.8 Å². The zero-order chi connectivity index (χ0) is 16.2. The molecule has 0 aliphatic carbocycles. The predicted molar refractivity (Wildman–Crippen MR) is 96.7 cm³/mol. The number of carbonyl (C=O) groups excluding carboxylic acids is 1. The fourth-order valence-corrected chi connectivity index (χ4v) is 2.96. The first kappa shape index (κ1) is 16.0. The second-order valence-electron chi connectivity index (χ2n) is 4.49. The van der Waals surface area contributed by atoms with Crippen LogP contribution in [0, 0.1) is 3.70 Å². The first-order valence-electron chi connectivity index (χ1n) is 6.58. The van der Waals surface area contributed by atoms with E-state index in [-0.39, 0.29) is 11.7 Å². The Morgan fingerprint density at radius 1 is 1.39 bits per heavy atom. The van der Waals surface area contributed by atoms with Gasteiger partial charge in [0.15, 0.2) is 5.16 Å². The summed E-state index contributed by atoms with van der Waals surface area (Å²) >= 11 is 3.47. The Kier molecular flexibility index (Phi) is 4.96. The van der Waals surface area contributed by atoms with E-state index in [9.17, 15) is 4.79 Å². The molecule has 9 heteroatoms. The average molecular weight is 441 g/mol. The van der Waals surface area contributed by atoms with Crippen molar-refractivity contribution in [3.8, 4) is 5.88 Å². The van der Waals surface area contributed by atoms with E-state index in [2.05, 4.69) is 47.8 Å². The third-order valence-electron chi connectivity index (χ3n) is 2.88. The van der Waals surface area contributed by atoms with Crippen molar-refractivity contribution in [2.24, 2.45) is 0 Å². The van der Waals surface area contributed by atoms with E-state index >= 15 is 0 Å². The van der Waals surface area contributed by atoms with Crippen LogP contribution in [0.1, 0.15) is 0 Å². The Hall–Kier alpha value is -1.88. The van der Waals surface area contributed by atoms with Gasteiger partial charge in [-0.05, 0) is 34.7 Å². The first-order chi connectivity index (χ1) is 11.1. The molecule has 0 bridgehead atoms. The molecule has 2 N–H and O–H groups in total. The molecule has 0 spiro atoms. The summed E-state index contributed by atoms with van der Waals surface area (Å²) in [5, 5.41) is 3.46. The number of fused-ring (bicyclic) bond motifs is 1. The van der Waals surface area contributed by atoms with Gasteiger partial charge in [0.05, 0.1) is 42.0 Å². The second kappa shape index (κ2) is 7.13. The number of amides is 1. The number of hydrogen-bond acceptors (Lipinski definition) is 6. The minimum absolute atomic E-state index is 0.130. The van der Waals surface area contributed by atoms with E-state index in [0.29, 0.717) is 16.7 Å². The Morgan fingerprint density at radius 2 is 2.26 bits per heavy atom. The fraction of sp³-hybridized carbons (Fsp3) is 0.143. The molecule has 7 nitrogen and oxygen atoms in total. The summed E-state index contributed by atoms with van der Waals surface area (Å²) in [5.41, 5.74) is 2.32. The Bertz CT molecular complexity index is 837. The summed E-state index contributed by atoms with van der Waals surface area (Å²) in [6, 6.07) is 5.32. The van der Waals surface area contributed by atoms with Gasteiger partial charge >= 0.3 is 0 Å². The van der Waals surface area contributed by atoms with Gasteiger partial charge in [-0.3, -0.25) is 4.79 Å². The second-order valence-corrected chi connectivity index (χ2v) is 6.56. The molecule has 3 rings (SSSR count). The van der Waals surface area contributed by atoms with Gasteiger partial charge in [0.25, 0.3) is 0 Å². The first-order valence-corrected chi connectivity index (χ1v) is 8.64. The fourth-order valence-electron chi connectivity index (χ4n) is 1.84. The molecular weight excluding hydrogens is 429 g/mol. The highest BCUT2D eigenvalue weighted by atomic mass is 127. The largest absolute Gasteiger partial charge is 0.481 e. The molecular formula is C14H12IN5O2S. The predicted octanol–water partition coefficient (Wildman–Crippen LogP) is 2.70. The number of carbonyl (C=O) groups is 1. The van der Waals surface area contributed by atoms with Crippen LogP contribution in [0.15, 0.2) is 35.7 Å².